The first-order valence-electron chi connectivity index (χ1n) is 30.3. The summed E-state index contributed by atoms with van der Waals surface area (Å²) >= 11 is 0. The predicted octanol–water partition coefficient (Wildman–Crippen LogP) is 11.7. The van der Waals surface area contributed by atoms with Crippen molar-refractivity contribution in [3.8, 4) is 0 Å². The minimum atomic E-state index is -0.833. The third-order valence-corrected chi connectivity index (χ3v) is 12.6. The second-order valence-electron chi connectivity index (χ2n) is 20.6. The van der Waals surface area contributed by atoms with E-state index >= 15 is 0 Å². The van der Waals surface area contributed by atoms with Gasteiger partial charge in [0.2, 0.25) is 0 Å². The lowest BCUT2D eigenvalue weighted by molar-refractivity contribution is -0.161. The molecule has 0 fully saturated rings. The van der Waals surface area contributed by atoms with Crippen LogP contribution in [0.3, 0.4) is 0 Å². The van der Waals surface area contributed by atoms with Crippen molar-refractivity contribution in [2.75, 3.05) is 0 Å². The van der Waals surface area contributed by atoms with E-state index in [-0.39, 0.29) is 89.9 Å². The number of carboxylic acids is 6. The number of carbonyl (C=O) groups is 14. The van der Waals surface area contributed by atoms with Crippen molar-refractivity contribution in [3.63, 3.8) is 0 Å². The minimum Gasteiger partial charge on any atom is -0.481 e. The van der Waals surface area contributed by atoms with Gasteiger partial charge in [0.25, 0.3) is 0 Å². The average Bonchev–Trinajstić information content (AvgIpc) is 3.40. The summed E-state index contributed by atoms with van der Waals surface area (Å²) in [4.78, 5) is 155. The maximum atomic E-state index is 11.7. The molecule has 0 bridgehead atoms. The SMILES string of the molecule is O=C(O)CCCCCCC(=O)OC(=O)CCCCCCCC(=O)OC(=O)CCCCCCC(=O)O.O=C(O)CCCCCCC(=O)OC(=O)CCCCCCCC(=O)OC(=O)CCCCCCC(=O)O.O=C(O)CCCCCCCCC(=O)O. The fourth-order valence-electron chi connectivity index (χ4n) is 7.91. The molecule has 0 aliphatic rings. The Labute approximate surface area is 494 Å². The van der Waals surface area contributed by atoms with Gasteiger partial charge in [-0.3, -0.25) is 67.1 Å². The van der Waals surface area contributed by atoms with E-state index in [9.17, 15) is 67.1 Å². The Kier molecular flexibility index (Phi) is 57.8. The van der Waals surface area contributed by atoms with Gasteiger partial charge in [0, 0.05) is 89.9 Å². The molecule has 0 unspecified atom stereocenters. The Morgan fingerprint density at radius 2 is 0.226 bits per heavy atom. The maximum Gasteiger partial charge on any atom is 0.313 e. The molecule has 0 saturated carbocycles. The number of unbranched alkanes of at least 4 members (excludes halogenated alkanes) is 25. The van der Waals surface area contributed by atoms with E-state index in [1.807, 2.05) is 0 Å². The van der Waals surface area contributed by atoms with E-state index in [2.05, 4.69) is 0 Å². The minimum absolute atomic E-state index is 0.118. The Morgan fingerprint density at radius 3 is 0.321 bits per heavy atom. The zero-order chi connectivity index (χ0) is 63.4. The molecule has 84 heavy (non-hydrogen) atoms. The molecule has 0 atom stereocenters. The molecule has 0 aliphatic carbocycles. The number of carbonyl (C=O) groups excluding carboxylic acids is 8. The highest BCUT2D eigenvalue weighted by Gasteiger charge is 2.15. The number of hydrogen-bond acceptors (Lipinski definition) is 18. The van der Waals surface area contributed by atoms with Gasteiger partial charge < -0.3 is 49.6 Å². The van der Waals surface area contributed by atoms with E-state index in [1.165, 1.54) is 0 Å². The van der Waals surface area contributed by atoms with Crippen molar-refractivity contribution in [1.29, 1.82) is 0 Å². The van der Waals surface area contributed by atoms with Gasteiger partial charge in [0.1, 0.15) is 0 Å². The molecule has 0 spiro atoms. The summed E-state index contributed by atoms with van der Waals surface area (Å²) in [7, 11) is 0. The van der Waals surface area contributed by atoms with Crippen molar-refractivity contribution in [1.82, 2.24) is 0 Å². The average molecular weight is 1200 g/mol. The van der Waals surface area contributed by atoms with Crippen molar-refractivity contribution in [3.05, 3.63) is 0 Å². The molecule has 0 aromatic heterocycles. The Bertz CT molecular complexity index is 1660. The molecular weight excluding hydrogens is 1100 g/mol. The van der Waals surface area contributed by atoms with Crippen LogP contribution in [0, 0.1) is 0 Å². The standard InChI is InChI=1S/2C25H40O10.C10H18O4/c2*26-20(27)14-8-4-6-12-18-24(32)34-22(30)16-10-2-1-3-11-17-23(31)35-25(33)19-13-7-5-9-15-21(28)29;11-9(12)7-5-3-1-2-4-6-8-10(13)14/h2*1-19H2,(H,26,27)(H,28,29);1-8H2,(H,11,12)(H,13,14). The number of hydrogen-bond donors (Lipinski definition) is 6. The molecule has 0 aromatic carbocycles. The van der Waals surface area contributed by atoms with Crippen molar-refractivity contribution in [2.45, 2.75) is 295 Å². The molecule has 24 nitrogen and oxygen atoms in total. The van der Waals surface area contributed by atoms with Crippen LogP contribution >= 0.6 is 0 Å². The van der Waals surface area contributed by atoms with Gasteiger partial charge >= 0.3 is 83.6 Å². The molecule has 482 valence electrons. The normalized spacial score (nSPS) is 10.4. The fraction of sp³-hybridized carbons (Fsp3) is 0.767. The number of aliphatic carboxylic acids is 6. The second-order valence-corrected chi connectivity index (χ2v) is 20.6. The monoisotopic (exact) mass is 1200 g/mol. The third-order valence-electron chi connectivity index (χ3n) is 12.6. The summed E-state index contributed by atoms with van der Waals surface area (Å²) in [6.45, 7) is 0. The number of esters is 8. The zero-order valence-corrected chi connectivity index (χ0v) is 49.6. The molecule has 6 N–H and O–H groups in total. The van der Waals surface area contributed by atoms with Crippen LogP contribution in [0.15, 0.2) is 0 Å². The molecule has 0 radical (unpaired) electrons. The van der Waals surface area contributed by atoms with Crippen molar-refractivity contribution in [2.24, 2.45) is 0 Å². The molecular formula is C60H98O24. The van der Waals surface area contributed by atoms with Gasteiger partial charge in [-0.2, -0.15) is 0 Å². The van der Waals surface area contributed by atoms with Gasteiger partial charge in [-0.15, -0.1) is 0 Å². The van der Waals surface area contributed by atoms with Gasteiger partial charge in [-0.05, 0) is 89.9 Å². The molecule has 0 rings (SSSR count). The molecule has 0 aliphatic heterocycles. The summed E-state index contributed by atoms with van der Waals surface area (Å²) in [5, 5.41) is 50.9. The summed E-state index contributed by atoms with van der Waals surface area (Å²) in [6, 6.07) is 0. The molecule has 0 heterocycles. The third kappa shape index (κ3) is 71.5. The highest BCUT2D eigenvalue weighted by Crippen LogP contribution is 2.15. The van der Waals surface area contributed by atoms with Gasteiger partial charge in [-0.1, -0.05) is 116 Å². The first kappa shape index (κ1) is 81.6. The lowest BCUT2D eigenvalue weighted by Gasteiger charge is -2.05. The topological polar surface area (TPSA) is 397 Å². The van der Waals surface area contributed by atoms with Crippen LogP contribution in [0.5, 0.6) is 0 Å². The van der Waals surface area contributed by atoms with E-state index in [4.69, 9.17) is 49.6 Å². The van der Waals surface area contributed by atoms with Crippen LogP contribution in [0.25, 0.3) is 0 Å². The predicted molar refractivity (Wildman–Crippen MR) is 303 cm³/mol. The van der Waals surface area contributed by atoms with Gasteiger partial charge in [0.05, 0.1) is 0 Å². The molecule has 0 aromatic rings. The van der Waals surface area contributed by atoms with E-state index in [0.29, 0.717) is 103 Å². The summed E-state index contributed by atoms with van der Waals surface area (Å²) in [6.07, 6.45) is 24.7. The number of rotatable bonds is 53. The quantitative estimate of drug-likeness (QED) is 0.0143. The lowest BCUT2D eigenvalue weighted by atomic mass is 10.1. The fourth-order valence-corrected chi connectivity index (χ4v) is 7.91. The smallest absolute Gasteiger partial charge is 0.313 e. The van der Waals surface area contributed by atoms with Crippen molar-refractivity contribution < 1.29 is 117 Å². The largest absolute Gasteiger partial charge is 0.481 e. The highest BCUT2D eigenvalue weighted by atomic mass is 16.6. The second kappa shape index (κ2) is 59.5. The van der Waals surface area contributed by atoms with Crippen LogP contribution in [-0.2, 0) is 86.1 Å². The summed E-state index contributed by atoms with van der Waals surface area (Å²) < 4.78 is 19.0. The first-order chi connectivity index (χ1) is 40.0. The Balaban J connectivity index is -0.00000127. The van der Waals surface area contributed by atoms with E-state index in [0.717, 1.165) is 103 Å². The van der Waals surface area contributed by atoms with Crippen LogP contribution in [0.1, 0.15) is 295 Å². The van der Waals surface area contributed by atoms with Crippen LogP contribution in [-0.4, -0.2) is 114 Å². The maximum absolute atomic E-state index is 11.7. The zero-order valence-electron chi connectivity index (χ0n) is 49.6. The number of carboxylic acid groups (broad SMARTS) is 6. The molecule has 0 amide bonds. The van der Waals surface area contributed by atoms with E-state index in [1.54, 1.807) is 0 Å². The highest BCUT2D eigenvalue weighted by molar-refractivity contribution is 5.87. The van der Waals surface area contributed by atoms with Crippen LogP contribution in [0.4, 0.5) is 0 Å². The Hall–Kier alpha value is -6.62. The van der Waals surface area contributed by atoms with Gasteiger partial charge in [-0.25, -0.2) is 0 Å². The summed E-state index contributed by atoms with van der Waals surface area (Å²) in [5.41, 5.74) is 0. The van der Waals surface area contributed by atoms with Crippen LogP contribution in [0.2, 0.25) is 0 Å². The van der Waals surface area contributed by atoms with Crippen molar-refractivity contribution >= 4 is 83.6 Å². The molecule has 24 heteroatoms. The molecule has 0 saturated heterocycles. The van der Waals surface area contributed by atoms with Gasteiger partial charge in [0.15, 0.2) is 0 Å². The summed E-state index contributed by atoms with van der Waals surface area (Å²) in [5.74, 6) is -9.24. The van der Waals surface area contributed by atoms with E-state index < -0.39 is 83.6 Å². The first-order valence-corrected chi connectivity index (χ1v) is 30.3. The van der Waals surface area contributed by atoms with Crippen LogP contribution < -0.4 is 0 Å². The lowest BCUT2D eigenvalue weighted by Crippen LogP contribution is -2.12. The number of ether oxygens (including phenoxy) is 4. The Morgan fingerprint density at radius 1 is 0.143 bits per heavy atom.